The van der Waals surface area contributed by atoms with Crippen molar-refractivity contribution < 1.29 is 5.11 Å². The summed E-state index contributed by atoms with van der Waals surface area (Å²) in [5.41, 5.74) is 0.720. The lowest BCUT2D eigenvalue weighted by molar-refractivity contribution is 0.0109. The number of nitrogens with one attached hydrogen (secondary N) is 2. The van der Waals surface area contributed by atoms with Gasteiger partial charge in [0, 0.05) is 18.8 Å². The maximum atomic E-state index is 10.2. The van der Waals surface area contributed by atoms with Crippen LogP contribution in [0.2, 0.25) is 0 Å². The molecule has 1 aromatic heterocycles. The van der Waals surface area contributed by atoms with Crippen LogP contribution in [0.3, 0.4) is 0 Å². The Morgan fingerprint density at radius 1 is 1.38 bits per heavy atom. The van der Waals surface area contributed by atoms with E-state index >= 15 is 0 Å². The lowest BCUT2D eigenvalue weighted by Gasteiger charge is -2.32. The SMILES string of the molecule is OC1(Cc2cc[nH]c2)CCNCC1. The molecule has 0 saturated carbocycles. The van der Waals surface area contributed by atoms with E-state index in [4.69, 9.17) is 0 Å². The highest BCUT2D eigenvalue weighted by atomic mass is 16.3. The zero-order valence-electron chi connectivity index (χ0n) is 7.71. The van der Waals surface area contributed by atoms with Crippen molar-refractivity contribution in [3.05, 3.63) is 24.0 Å². The summed E-state index contributed by atoms with van der Waals surface area (Å²) in [5.74, 6) is 0. The molecule has 0 aliphatic carbocycles. The monoisotopic (exact) mass is 180 g/mol. The van der Waals surface area contributed by atoms with E-state index in [2.05, 4.69) is 10.3 Å². The minimum Gasteiger partial charge on any atom is -0.389 e. The highest BCUT2D eigenvalue weighted by molar-refractivity contribution is 5.12. The van der Waals surface area contributed by atoms with Crippen LogP contribution in [0, 0.1) is 0 Å². The first-order valence-electron chi connectivity index (χ1n) is 4.83. The Morgan fingerprint density at radius 2 is 2.15 bits per heavy atom. The molecule has 3 nitrogen and oxygen atoms in total. The first-order valence-corrected chi connectivity index (χ1v) is 4.83. The normalized spacial score (nSPS) is 21.6. The molecule has 0 aromatic carbocycles. The molecule has 0 radical (unpaired) electrons. The van der Waals surface area contributed by atoms with E-state index in [0.717, 1.165) is 32.4 Å². The number of hydrogen-bond acceptors (Lipinski definition) is 2. The minimum atomic E-state index is -0.479. The first kappa shape index (κ1) is 8.78. The second-order valence-electron chi connectivity index (χ2n) is 3.87. The number of piperidine rings is 1. The molecule has 2 rings (SSSR count). The molecule has 0 bridgehead atoms. The van der Waals surface area contributed by atoms with Crippen LogP contribution in [0.1, 0.15) is 18.4 Å². The Labute approximate surface area is 78.2 Å². The van der Waals surface area contributed by atoms with Crippen LogP contribution in [0.4, 0.5) is 0 Å². The van der Waals surface area contributed by atoms with Crippen LogP contribution in [0.5, 0.6) is 0 Å². The quantitative estimate of drug-likeness (QED) is 0.626. The number of aliphatic hydroxyl groups is 1. The molecule has 3 heteroatoms. The molecule has 1 aliphatic rings. The van der Waals surface area contributed by atoms with Crippen molar-refractivity contribution >= 4 is 0 Å². The molecule has 0 atom stereocenters. The number of aromatic amines is 1. The summed E-state index contributed by atoms with van der Waals surface area (Å²) < 4.78 is 0. The number of rotatable bonds is 2. The molecule has 0 spiro atoms. The fourth-order valence-corrected chi connectivity index (χ4v) is 1.92. The van der Waals surface area contributed by atoms with Crippen molar-refractivity contribution in [3.63, 3.8) is 0 Å². The largest absolute Gasteiger partial charge is 0.389 e. The van der Waals surface area contributed by atoms with Gasteiger partial charge in [-0.3, -0.25) is 0 Å². The third kappa shape index (κ3) is 2.11. The van der Waals surface area contributed by atoms with Crippen molar-refractivity contribution in [2.75, 3.05) is 13.1 Å². The Kier molecular flexibility index (Phi) is 2.38. The number of hydrogen-bond donors (Lipinski definition) is 3. The number of H-pyrrole nitrogens is 1. The molecular formula is C10H16N2O. The smallest absolute Gasteiger partial charge is 0.0712 e. The zero-order valence-corrected chi connectivity index (χ0v) is 7.71. The number of aromatic nitrogens is 1. The molecule has 1 fully saturated rings. The molecule has 0 unspecified atom stereocenters. The van der Waals surface area contributed by atoms with Gasteiger partial charge in [0.2, 0.25) is 0 Å². The Morgan fingerprint density at radius 3 is 2.77 bits per heavy atom. The predicted molar refractivity (Wildman–Crippen MR) is 51.6 cm³/mol. The summed E-state index contributed by atoms with van der Waals surface area (Å²) in [6.45, 7) is 1.86. The molecular weight excluding hydrogens is 164 g/mol. The van der Waals surface area contributed by atoms with E-state index in [-0.39, 0.29) is 0 Å². The van der Waals surface area contributed by atoms with Gasteiger partial charge in [-0.05, 0) is 37.6 Å². The second kappa shape index (κ2) is 3.52. The van der Waals surface area contributed by atoms with Crippen LogP contribution in [-0.4, -0.2) is 28.8 Å². The maximum Gasteiger partial charge on any atom is 0.0712 e. The Balaban J connectivity index is 1.99. The average molecular weight is 180 g/mol. The van der Waals surface area contributed by atoms with Gasteiger partial charge in [-0.1, -0.05) is 0 Å². The molecule has 2 heterocycles. The van der Waals surface area contributed by atoms with Gasteiger partial charge >= 0.3 is 0 Å². The van der Waals surface area contributed by atoms with Gasteiger partial charge in [0.15, 0.2) is 0 Å². The highest BCUT2D eigenvalue weighted by Crippen LogP contribution is 2.22. The Bertz CT molecular complexity index is 250. The molecule has 0 amide bonds. The van der Waals surface area contributed by atoms with E-state index in [9.17, 15) is 5.11 Å². The van der Waals surface area contributed by atoms with Crippen LogP contribution in [0.15, 0.2) is 18.5 Å². The summed E-state index contributed by atoms with van der Waals surface area (Å²) in [7, 11) is 0. The fourth-order valence-electron chi connectivity index (χ4n) is 1.92. The van der Waals surface area contributed by atoms with E-state index < -0.39 is 5.60 Å². The van der Waals surface area contributed by atoms with Crippen LogP contribution in [0.25, 0.3) is 0 Å². The average Bonchev–Trinajstić information content (AvgIpc) is 2.57. The molecule has 1 aliphatic heterocycles. The lowest BCUT2D eigenvalue weighted by atomic mass is 9.87. The van der Waals surface area contributed by atoms with E-state index in [1.807, 2.05) is 18.5 Å². The van der Waals surface area contributed by atoms with Crippen molar-refractivity contribution in [3.8, 4) is 0 Å². The third-order valence-corrected chi connectivity index (χ3v) is 2.73. The van der Waals surface area contributed by atoms with Gasteiger partial charge in [0.1, 0.15) is 0 Å². The standard InChI is InChI=1S/C10H16N2O/c13-10(2-5-11-6-3-10)7-9-1-4-12-8-9/h1,4,8,11-13H,2-3,5-7H2. The molecule has 72 valence electrons. The van der Waals surface area contributed by atoms with Gasteiger partial charge in [0.05, 0.1) is 5.60 Å². The third-order valence-electron chi connectivity index (χ3n) is 2.73. The highest BCUT2D eigenvalue weighted by Gasteiger charge is 2.29. The van der Waals surface area contributed by atoms with E-state index in [0.29, 0.717) is 0 Å². The topological polar surface area (TPSA) is 48.0 Å². The van der Waals surface area contributed by atoms with E-state index in [1.54, 1.807) is 0 Å². The molecule has 1 saturated heterocycles. The summed E-state index contributed by atoms with van der Waals surface area (Å²) >= 11 is 0. The van der Waals surface area contributed by atoms with Gasteiger partial charge < -0.3 is 15.4 Å². The van der Waals surface area contributed by atoms with Gasteiger partial charge in [-0.25, -0.2) is 0 Å². The van der Waals surface area contributed by atoms with Crippen LogP contribution < -0.4 is 5.32 Å². The minimum absolute atomic E-state index is 0.479. The Hall–Kier alpha value is -0.800. The summed E-state index contributed by atoms with van der Waals surface area (Å²) in [5, 5.41) is 13.4. The molecule has 13 heavy (non-hydrogen) atoms. The molecule has 1 aromatic rings. The van der Waals surface area contributed by atoms with E-state index in [1.165, 1.54) is 5.56 Å². The van der Waals surface area contributed by atoms with Gasteiger partial charge in [0.25, 0.3) is 0 Å². The van der Waals surface area contributed by atoms with Crippen molar-refractivity contribution in [1.82, 2.24) is 10.3 Å². The summed E-state index contributed by atoms with van der Waals surface area (Å²) in [6, 6.07) is 2.03. The van der Waals surface area contributed by atoms with Crippen LogP contribution in [-0.2, 0) is 6.42 Å². The summed E-state index contributed by atoms with van der Waals surface area (Å²) in [6.07, 6.45) is 6.36. The first-order chi connectivity index (χ1) is 6.29. The van der Waals surface area contributed by atoms with Gasteiger partial charge in [-0.15, -0.1) is 0 Å². The van der Waals surface area contributed by atoms with Gasteiger partial charge in [-0.2, -0.15) is 0 Å². The fraction of sp³-hybridized carbons (Fsp3) is 0.600. The maximum absolute atomic E-state index is 10.2. The predicted octanol–water partition coefficient (Wildman–Crippen LogP) is 0.672. The van der Waals surface area contributed by atoms with Crippen molar-refractivity contribution in [2.45, 2.75) is 24.9 Å². The lowest BCUT2D eigenvalue weighted by Crippen LogP contribution is -2.43. The second-order valence-corrected chi connectivity index (χ2v) is 3.87. The van der Waals surface area contributed by atoms with Crippen molar-refractivity contribution in [2.24, 2.45) is 0 Å². The summed E-state index contributed by atoms with van der Waals surface area (Å²) in [4.78, 5) is 3.01. The molecule has 3 N–H and O–H groups in total. The zero-order chi connectivity index (χ0) is 9.15. The van der Waals surface area contributed by atoms with Crippen LogP contribution >= 0.6 is 0 Å². The van der Waals surface area contributed by atoms with Crippen molar-refractivity contribution in [1.29, 1.82) is 0 Å².